The predicted octanol–water partition coefficient (Wildman–Crippen LogP) is 2.99. The lowest BCUT2D eigenvalue weighted by Crippen LogP contribution is -2.26. The van der Waals surface area contributed by atoms with Gasteiger partial charge in [-0.3, -0.25) is 4.79 Å². The molecular formula is C19H23NO5. The van der Waals surface area contributed by atoms with Gasteiger partial charge in [-0.05, 0) is 18.2 Å². The third-order valence-electron chi connectivity index (χ3n) is 3.88. The standard InChI is InChI=1S/C19H23NO5/c1-20(12-13-7-6-8-16(23-3)18(13)25-5)19(21)15-10-9-14(22-2)11-17(15)24-4/h6-11H,12H2,1-5H3. The molecule has 0 aromatic heterocycles. The van der Waals surface area contributed by atoms with E-state index in [-0.39, 0.29) is 5.91 Å². The van der Waals surface area contributed by atoms with Crippen LogP contribution >= 0.6 is 0 Å². The van der Waals surface area contributed by atoms with Crippen molar-refractivity contribution >= 4 is 5.91 Å². The Bertz CT molecular complexity index is 745. The molecule has 0 aliphatic rings. The molecule has 0 bridgehead atoms. The Balaban J connectivity index is 2.27. The van der Waals surface area contributed by atoms with Crippen LogP contribution in [0.1, 0.15) is 15.9 Å². The minimum Gasteiger partial charge on any atom is -0.497 e. The highest BCUT2D eigenvalue weighted by atomic mass is 16.5. The van der Waals surface area contributed by atoms with Crippen LogP contribution in [-0.2, 0) is 6.54 Å². The molecule has 0 saturated carbocycles. The maximum atomic E-state index is 12.8. The van der Waals surface area contributed by atoms with E-state index in [1.807, 2.05) is 18.2 Å². The van der Waals surface area contributed by atoms with Crippen molar-refractivity contribution in [2.75, 3.05) is 35.5 Å². The molecule has 0 aliphatic heterocycles. The molecule has 134 valence electrons. The average molecular weight is 345 g/mol. The van der Waals surface area contributed by atoms with E-state index >= 15 is 0 Å². The van der Waals surface area contributed by atoms with Crippen LogP contribution in [0.3, 0.4) is 0 Å². The number of carbonyl (C=O) groups is 1. The maximum Gasteiger partial charge on any atom is 0.257 e. The largest absolute Gasteiger partial charge is 0.497 e. The van der Waals surface area contributed by atoms with Gasteiger partial charge in [-0.15, -0.1) is 0 Å². The zero-order valence-electron chi connectivity index (χ0n) is 15.2. The third kappa shape index (κ3) is 3.96. The smallest absolute Gasteiger partial charge is 0.257 e. The first-order valence-corrected chi connectivity index (χ1v) is 7.73. The SMILES string of the molecule is COc1ccc(C(=O)N(C)Cc2cccc(OC)c2OC)c(OC)c1. The predicted molar refractivity (Wildman–Crippen MR) is 94.9 cm³/mol. The number of hydrogen-bond acceptors (Lipinski definition) is 5. The van der Waals surface area contributed by atoms with Gasteiger partial charge in [0.1, 0.15) is 11.5 Å². The zero-order valence-corrected chi connectivity index (χ0v) is 15.2. The van der Waals surface area contributed by atoms with Crippen LogP contribution in [0.4, 0.5) is 0 Å². The Kier molecular flexibility index (Phi) is 6.11. The molecule has 0 radical (unpaired) electrons. The van der Waals surface area contributed by atoms with Crippen LogP contribution in [0.15, 0.2) is 36.4 Å². The maximum absolute atomic E-state index is 12.8. The van der Waals surface area contributed by atoms with Gasteiger partial charge in [0.2, 0.25) is 0 Å². The van der Waals surface area contributed by atoms with E-state index in [1.54, 1.807) is 51.5 Å². The number of amides is 1. The van der Waals surface area contributed by atoms with Crippen molar-refractivity contribution in [3.05, 3.63) is 47.5 Å². The van der Waals surface area contributed by atoms with Gasteiger partial charge in [-0.25, -0.2) is 0 Å². The lowest BCUT2D eigenvalue weighted by Gasteiger charge is -2.21. The molecule has 0 spiro atoms. The molecule has 2 rings (SSSR count). The number of hydrogen-bond donors (Lipinski definition) is 0. The highest BCUT2D eigenvalue weighted by Gasteiger charge is 2.19. The molecule has 2 aromatic rings. The topological polar surface area (TPSA) is 57.2 Å². The normalized spacial score (nSPS) is 10.1. The van der Waals surface area contributed by atoms with Gasteiger partial charge in [0.05, 0.1) is 34.0 Å². The average Bonchev–Trinajstić information content (AvgIpc) is 2.66. The van der Waals surface area contributed by atoms with Gasteiger partial charge in [0, 0.05) is 25.2 Å². The fourth-order valence-electron chi connectivity index (χ4n) is 2.59. The van der Waals surface area contributed by atoms with Gasteiger partial charge < -0.3 is 23.8 Å². The molecule has 0 aliphatic carbocycles. The molecule has 0 atom stereocenters. The lowest BCUT2D eigenvalue weighted by molar-refractivity contribution is 0.0780. The van der Waals surface area contributed by atoms with E-state index in [0.29, 0.717) is 35.1 Å². The number of ether oxygens (including phenoxy) is 4. The highest BCUT2D eigenvalue weighted by Crippen LogP contribution is 2.32. The first-order chi connectivity index (χ1) is 12.0. The van der Waals surface area contributed by atoms with Crippen LogP contribution in [-0.4, -0.2) is 46.3 Å². The van der Waals surface area contributed by atoms with Gasteiger partial charge >= 0.3 is 0 Å². The van der Waals surface area contributed by atoms with Crippen LogP contribution in [0.2, 0.25) is 0 Å². The second-order valence-electron chi connectivity index (χ2n) is 5.38. The van der Waals surface area contributed by atoms with E-state index < -0.39 is 0 Å². The Labute approximate surface area is 147 Å². The molecule has 6 heteroatoms. The quantitative estimate of drug-likeness (QED) is 0.772. The number of benzene rings is 2. The van der Waals surface area contributed by atoms with Crippen molar-refractivity contribution in [3.63, 3.8) is 0 Å². The van der Waals surface area contributed by atoms with E-state index in [9.17, 15) is 4.79 Å². The van der Waals surface area contributed by atoms with Crippen molar-refractivity contribution < 1.29 is 23.7 Å². The monoisotopic (exact) mass is 345 g/mol. The second-order valence-corrected chi connectivity index (χ2v) is 5.38. The zero-order chi connectivity index (χ0) is 18.4. The summed E-state index contributed by atoms with van der Waals surface area (Å²) in [5.74, 6) is 2.18. The first-order valence-electron chi connectivity index (χ1n) is 7.73. The third-order valence-corrected chi connectivity index (χ3v) is 3.88. The molecule has 1 amide bonds. The van der Waals surface area contributed by atoms with E-state index in [2.05, 4.69) is 0 Å². The van der Waals surface area contributed by atoms with Crippen LogP contribution in [0, 0.1) is 0 Å². The van der Waals surface area contributed by atoms with Crippen LogP contribution in [0.5, 0.6) is 23.0 Å². The minimum atomic E-state index is -0.163. The summed E-state index contributed by atoms with van der Waals surface area (Å²) in [5, 5.41) is 0. The molecule has 0 saturated heterocycles. The number of carbonyl (C=O) groups excluding carboxylic acids is 1. The number of rotatable bonds is 7. The molecule has 0 N–H and O–H groups in total. The summed E-state index contributed by atoms with van der Waals surface area (Å²) in [7, 11) is 7.98. The molecule has 2 aromatic carbocycles. The lowest BCUT2D eigenvalue weighted by atomic mass is 10.1. The first kappa shape index (κ1) is 18.4. The Morgan fingerprint density at radius 2 is 1.64 bits per heavy atom. The summed E-state index contributed by atoms with van der Waals surface area (Å²) in [4.78, 5) is 14.4. The molecule has 0 unspecified atom stereocenters. The summed E-state index contributed by atoms with van der Waals surface area (Å²) in [6.45, 7) is 0.369. The summed E-state index contributed by atoms with van der Waals surface area (Å²) in [6, 6.07) is 10.7. The van der Waals surface area contributed by atoms with Crippen molar-refractivity contribution in [1.29, 1.82) is 0 Å². The number of methoxy groups -OCH3 is 4. The fourth-order valence-corrected chi connectivity index (χ4v) is 2.59. The van der Waals surface area contributed by atoms with E-state index in [1.165, 1.54) is 7.11 Å². The second kappa shape index (κ2) is 8.28. The summed E-state index contributed by atoms with van der Waals surface area (Å²) in [6.07, 6.45) is 0. The molecule has 0 fully saturated rings. The summed E-state index contributed by atoms with van der Waals surface area (Å²) < 4.78 is 21.2. The van der Waals surface area contributed by atoms with E-state index in [0.717, 1.165) is 5.56 Å². The molecular weight excluding hydrogens is 322 g/mol. The molecule has 6 nitrogen and oxygen atoms in total. The van der Waals surface area contributed by atoms with Gasteiger partial charge in [0.25, 0.3) is 5.91 Å². The van der Waals surface area contributed by atoms with Crippen LogP contribution < -0.4 is 18.9 Å². The summed E-state index contributed by atoms with van der Waals surface area (Å²) >= 11 is 0. The van der Waals surface area contributed by atoms with E-state index in [4.69, 9.17) is 18.9 Å². The summed E-state index contributed by atoms with van der Waals surface area (Å²) in [5.41, 5.74) is 1.32. The Morgan fingerprint density at radius 3 is 2.24 bits per heavy atom. The van der Waals surface area contributed by atoms with Gasteiger partial charge in [-0.1, -0.05) is 12.1 Å². The number of nitrogens with zero attached hydrogens (tertiary/aromatic N) is 1. The Hall–Kier alpha value is -2.89. The van der Waals surface area contributed by atoms with Crippen molar-refractivity contribution in [2.45, 2.75) is 6.54 Å². The fraction of sp³-hybridized carbons (Fsp3) is 0.316. The number of para-hydroxylation sites is 1. The minimum absolute atomic E-state index is 0.163. The van der Waals surface area contributed by atoms with Gasteiger partial charge in [0.15, 0.2) is 11.5 Å². The Morgan fingerprint density at radius 1 is 0.920 bits per heavy atom. The molecule has 25 heavy (non-hydrogen) atoms. The molecule has 0 heterocycles. The van der Waals surface area contributed by atoms with Crippen molar-refractivity contribution in [1.82, 2.24) is 4.90 Å². The van der Waals surface area contributed by atoms with Crippen LogP contribution in [0.25, 0.3) is 0 Å². The van der Waals surface area contributed by atoms with Crippen molar-refractivity contribution in [2.24, 2.45) is 0 Å². The highest BCUT2D eigenvalue weighted by molar-refractivity contribution is 5.97. The van der Waals surface area contributed by atoms with Gasteiger partial charge in [-0.2, -0.15) is 0 Å². The van der Waals surface area contributed by atoms with Crippen molar-refractivity contribution in [3.8, 4) is 23.0 Å².